The molecular formula is C58H34SSe. The molecule has 0 fully saturated rings. The van der Waals surface area contributed by atoms with Gasteiger partial charge in [0.2, 0.25) is 0 Å². The number of fused-ring (bicyclic) bond motifs is 10. The van der Waals surface area contributed by atoms with Crippen LogP contribution in [0.3, 0.4) is 0 Å². The third-order valence-electron chi connectivity index (χ3n) is 12.6. The van der Waals surface area contributed by atoms with Crippen LogP contribution in [0.15, 0.2) is 206 Å². The van der Waals surface area contributed by atoms with Crippen molar-refractivity contribution in [3.8, 4) is 44.5 Å². The topological polar surface area (TPSA) is 0 Å². The molecule has 0 spiro atoms. The summed E-state index contributed by atoms with van der Waals surface area (Å²) in [5.41, 5.74) is 10.4. The Labute approximate surface area is 357 Å². The number of hydrogen-bond donors (Lipinski definition) is 0. The van der Waals surface area contributed by atoms with Gasteiger partial charge < -0.3 is 0 Å². The summed E-state index contributed by atoms with van der Waals surface area (Å²) >= 11 is 1.99. The van der Waals surface area contributed by atoms with Gasteiger partial charge in [0.15, 0.2) is 0 Å². The molecule has 0 aliphatic heterocycles. The van der Waals surface area contributed by atoms with Crippen LogP contribution in [0.25, 0.3) is 127 Å². The van der Waals surface area contributed by atoms with Crippen LogP contribution in [-0.4, -0.2) is 14.5 Å². The molecule has 0 nitrogen and oxygen atoms in total. The van der Waals surface area contributed by atoms with Crippen molar-refractivity contribution in [3.63, 3.8) is 0 Å². The summed E-state index contributed by atoms with van der Waals surface area (Å²) in [4.78, 5) is 0. The van der Waals surface area contributed by atoms with E-state index in [4.69, 9.17) is 0 Å². The summed E-state index contributed by atoms with van der Waals surface area (Å²) in [6, 6.07) is 77.3. The zero-order valence-electron chi connectivity index (χ0n) is 32.4. The molecule has 0 radical (unpaired) electrons. The van der Waals surface area contributed by atoms with Crippen LogP contribution in [0.4, 0.5) is 0 Å². The van der Waals surface area contributed by atoms with Crippen LogP contribution in [-0.2, 0) is 0 Å². The van der Waals surface area contributed by atoms with Gasteiger partial charge in [-0.25, -0.2) is 0 Å². The van der Waals surface area contributed by atoms with Crippen molar-refractivity contribution in [1.82, 2.24) is 0 Å². The average Bonchev–Trinajstić information content (AvgIpc) is 3.88. The Morgan fingerprint density at radius 2 is 0.717 bits per heavy atom. The Bertz CT molecular complexity index is 3770. The fourth-order valence-corrected chi connectivity index (χ4v) is 13.9. The van der Waals surface area contributed by atoms with Crippen molar-refractivity contribution in [2.24, 2.45) is 0 Å². The van der Waals surface area contributed by atoms with E-state index in [1.807, 2.05) is 11.3 Å². The summed E-state index contributed by atoms with van der Waals surface area (Å²) in [6.07, 6.45) is 0. The third kappa shape index (κ3) is 5.03. The van der Waals surface area contributed by atoms with E-state index >= 15 is 0 Å². The van der Waals surface area contributed by atoms with Gasteiger partial charge in [-0.3, -0.25) is 0 Å². The Hall–Kier alpha value is -6.80. The normalized spacial score (nSPS) is 12.0. The molecule has 2 heteroatoms. The monoisotopic (exact) mass is 842 g/mol. The minimum absolute atomic E-state index is 0.110. The van der Waals surface area contributed by atoms with Crippen molar-refractivity contribution < 1.29 is 0 Å². The molecule has 0 saturated heterocycles. The van der Waals surface area contributed by atoms with Crippen LogP contribution in [0.5, 0.6) is 0 Å². The number of hydrogen-bond acceptors (Lipinski definition) is 1. The van der Waals surface area contributed by atoms with E-state index < -0.39 is 0 Å². The zero-order chi connectivity index (χ0) is 39.3. The van der Waals surface area contributed by atoms with Gasteiger partial charge in [0, 0.05) is 0 Å². The van der Waals surface area contributed by atoms with Crippen molar-refractivity contribution in [3.05, 3.63) is 206 Å². The maximum atomic E-state index is 2.51. The molecule has 2 heterocycles. The summed E-state index contributed by atoms with van der Waals surface area (Å²) in [7, 11) is 0. The number of rotatable bonds is 4. The van der Waals surface area contributed by atoms with Crippen molar-refractivity contribution in [2.45, 2.75) is 0 Å². The van der Waals surface area contributed by atoms with Crippen LogP contribution in [0.1, 0.15) is 0 Å². The molecule has 0 aliphatic rings. The molecule has 0 amide bonds. The molecule has 60 heavy (non-hydrogen) atoms. The Balaban J connectivity index is 1.04. The molecule has 11 aromatic carbocycles. The van der Waals surface area contributed by atoms with Gasteiger partial charge in [-0.1, -0.05) is 6.07 Å². The predicted molar refractivity (Wildman–Crippen MR) is 263 cm³/mol. The Kier molecular flexibility index (Phi) is 7.59. The molecule has 13 aromatic rings. The van der Waals surface area contributed by atoms with Crippen LogP contribution >= 0.6 is 11.3 Å². The van der Waals surface area contributed by atoms with Gasteiger partial charge in [-0.15, -0.1) is 0 Å². The van der Waals surface area contributed by atoms with Crippen molar-refractivity contribution in [1.29, 1.82) is 0 Å². The van der Waals surface area contributed by atoms with E-state index in [2.05, 4.69) is 206 Å². The first-order chi connectivity index (χ1) is 29.8. The Morgan fingerprint density at radius 1 is 0.267 bits per heavy atom. The minimum atomic E-state index is 0.110. The molecule has 0 bridgehead atoms. The van der Waals surface area contributed by atoms with E-state index in [1.54, 1.807) is 0 Å². The van der Waals surface area contributed by atoms with E-state index in [1.165, 1.54) is 127 Å². The molecule has 0 aliphatic carbocycles. The second-order valence-electron chi connectivity index (χ2n) is 15.9. The first-order valence-corrected chi connectivity index (χ1v) is 23.1. The summed E-state index contributed by atoms with van der Waals surface area (Å²) in [5, 5.41) is 15.8. The maximum absolute atomic E-state index is 2.51. The number of thiophene rings is 1. The molecule has 13 rings (SSSR count). The molecule has 2 aromatic heterocycles. The number of benzene rings is 11. The SMILES string of the molecule is c1ccc(-c2c3ccccc3c(-c3ccc4c(c3)[se]c3c(-c5c6ccccc6c(-c6ccc7sc8ccccc8c7c6)c6ccccc56)cccc34)c3ccccc23)cc1. The third-order valence-corrected chi connectivity index (χ3v) is 16.3. The molecule has 0 unspecified atom stereocenters. The second kappa shape index (κ2) is 13.4. The molecule has 0 atom stereocenters. The van der Waals surface area contributed by atoms with Gasteiger partial charge >= 0.3 is 353 Å². The van der Waals surface area contributed by atoms with Gasteiger partial charge in [0.05, 0.1) is 0 Å². The van der Waals surface area contributed by atoms with E-state index in [9.17, 15) is 0 Å². The molecule has 0 N–H and O–H groups in total. The van der Waals surface area contributed by atoms with E-state index in [0.29, 0.717) is 0 Å². The predicted octanol–water partition coefficient (Wildman–Crippen LogP) is 16.7. The molecule has 0 saturated carbocycles. The fraction of sp³-hybridized carbons (Fsp3) is 0. The van der Waals surface area contributed by atoms with Gasteiger partial charge in [-0.05, 0) is 0 Å². The standard InChI is InChI=1S/C58H34SSe/c1-2-15-35(16-3-1)54-40-18-4-6-20-42(40)56(43-21-7-5-19-41(43)54)37-29-31-39-48-26-14-27-49(58(48)60-53(39)34-37)57-46-24-10-8-22-44(46)55(45-23-9-11-25-47(45)57)36-30-32-52-50(33-36)38-17-12-13-28-51(38)59-52/h1-34H. The summed E-state index contributed by atoms with van der Waals surface area (Å²) in [6.45, 7) is 0. The molecule has 278 valence electrons. The van der Waals surface area contributed by atoms with Gasteiger partial charge in [-0.2, -0.15) is 0 Å². The zero-order valence-corrected chi connectivity index (χ0v) is 35.0. The summed E-state index contributed by atoms with van der Waals surface area (Å²) < 4.78 is 5.59. The van der Waals surface area contributed by atoms with Gasteiger partial charge in [0.25, 0.3) is 0 Å². The van der Waals surface area contributed by atoms with Crippen molar-refractivity contribution in [2.75, 3.05) is 0 Å². The van der Waals surface area contributed by atoms with E-state index in [-0.39, 0.29) is 14.5 Å². The fourth-order valence-electron chi connectivity index (χ4n) is 10.1. The van der Waals surface area contributed by atoms with Crippen LogP contribution in [0, 0.1) is 0 Å². The van der Waals surface area contributed by atoms with Crippen LogP contribution in [0.2, 0.25) is 0 Å². The van der Waals surface area contributed by atoms with E-state index in [0.717, 1.165) is 0 Å². The first-order valence-electron chi connectivity index (χ1n) is 20.6. The van der Waals surface area contributed by atoms with Crippen molar-refractivity contribution >= 4 is 108 Å². The quantitative estimate of drug-likeness (QED) is 0.122. The average molecular weight is 842 g/mol. The Morgan fingerprint density at radius 3 is 1.32 bits per heavy atom. The summed E-state index contributed by atoms with van der Waals surface area (Å²) in [5.74, 6) is 0. The molecular weight excluding hydrogens is 808 g/mol. The van der Waals surface area contributed by atoms with Crippen LogP contribution < -0.4 is 0 Å². The van der Waals surface area contributed by atoms with Gasteiger partial charge in [0.1, 0.15) is 0 Å². The first kappa shape index (κ1) is 34.1. The second-order valence-corrected chi connectivity index (χ2v) is 19.1.